The molecule has 0 saturated heterocycles. The van der Waals surface area contributed by atoms with Gasteiger partial charge in [-0.05, 0) is 24.3 Å². The summed E-state index contributed by atoms with van der Waals surface area (Å²) in [6.45, 7) is 0. The van der Waals surface area contributed by atoms with E-state index in [9.17, 15) is 15.0 Å². The van der Waals surface area contributed by atoms with Crippen LogP contribution in [-0.4, -0.2) is 24.4 Å². The van der Waals surface area contributed by atoms with Crippen molar-refractivity contribution in [3.8, 4) is 34.3 Å². The van der Waals surface area contributed by atoms with E-state index in [0.29, 0.717) is 5.56 Å². The molecule has 0 radical (unpaired) electrons. The van der Waals surface area contributed by atoms with Crippen molar-refractivity contribution < 1.29 is 24.1 Å². The average molecular weight is 314 g/mol. The fourth-order valence-corrected chi connectivity index (χ4v) is 2.34. The summed E-state index contributed by atoms with van der Waals surface area (Å²) in [5.41, 5.74) is 0.280. The minimum absolute atomic E-state index is 0.0982. The second-order valence-corrected chi connectivity index (χ2v) is 4.86. The van der Waals surface area contributed by atoms with Crippen LogP contribution in [0.2, 0.25) is 0 Å². The van der Waals surface area contributed by atoms with Crippen LogP contribution in [0.1, 0.15) is 0 Å². The van der Waals surface area contributed by atoms with Gasteiger partial charge in [-0.3, -0.25) is 4.79 Å². The van der Waals surface area contributed by atoms with E-state index < -0.39 is 0 Å². The van der Waals surface area contributed by atoms with Crippen LogP contribution in [0.3, 0.4) is 0 Å². The average Bonchev–Trinajstić information content (AvgIpc) is 2.56. The minimum atomic E-state index is -0.289. The molecule has 2 N–H and O–H groups in total. The summed E-state index contributed by atoms with van der Waals surface area (Å²) in [7, 11) is 2.81. The van der Waals surface area contributed by atoms with E-state index >= 15 is 0 Å². The molecule has 6 heteroatoms. The number of hydrogen-bond acceptors (Lipinski definition) is 6. The zero-order valence-electron chi connectivity index (χ0n) is 12.5. The van der Waals surface area contributed by atoms with Crippen LogP contribution < -0.4 is 14.9 Å². The molecule has 3 rings (SSSR count). The summed E-state index contributed by atoms with van der Waals surface area (Å²) in [5, 5.41) is 20.1. The maximum Gasteiger partial charge on any atom is 0.200 e. The van der Waals surface area contributed by atoms with Gasteiger partial charge in [-0.25, -0.2) is 0 Å². The van der Waals surface area contributed by atoms with Crippen molar-refractivity contribution in [2.75, 3.05) is 14.2 Å². The number of aromatic hydroxyl groups is 2. The first-order chi connectivity index (χ1) is 11.0. The van der Waals surface area contributed by atoms with E-state index in [0.717, 1.165) is 0 Å². The van der Waals surface area contributed by atoms with Gasteiger partial charge < -0.3 is 24.1 Å². The maximum atomic E-state index is 12.2. The van der Waals surface area contributed by atoms with Crippen molar-refractivity contribution in [1.29, 1.82) is 0 Å². The fourth-order valence-electron chi connectivity index (χ4n) is 2.34. The molecule has 0 spiro atoms. The predicted molar refractivity (Wildman–Crippen MR) is 84.4 cm³/mol. The highest BCUT2D eigenvalue weighted by Gasteiger charge is 2.15. The highest BCUT2D eigenvalue weighted by Crippen LogP contribution is 2.40. The summed E-state index contributed by atoms with van der Waals surface area (Å²) in [5.74, 6) is 0.309. The highest BCUT2D eigenvalue weighted by molar-refractivity contribution is 5.84. The van der Waals surface area contributed by atoms with Gasteiger partial charge in [-0.1, -0.05) is 6.07 Å². The van der Waals surface area contributed by atoms with Gasteiger partial charge in [-0.2, -0.15) is 0 Å². The van der Waals surface area contributed by atoms with Crippen LogP contribution in [-0.2, 0) is 0 Å². The highest BCUT2D eigenvalue weighted by atomic mass is 16.5. The van der Waals surface area contributed by atoms with Gasteiger partial charge in [0, 0.05) is 11.6 Å². The summed E-state index contributed by atoms with van der Waals surface area (Å²) >= 11 is 0. The Morgan fingerprint density at radius 2 is 1.65 bits per heavy atom. The fraction of sp³-hybridized carbons (Fsp3) is 0.118. The van der Waals surface area contributed by atoms with Crippen LogP contribution >= 0.6 is 0 Å². The van der Waals surface area contributed by atoms with Crippen LogP contribution in [0, 0.1) is 0 Å². The number of fused-ring (bicyclic) bond motifs is 1. The summed E-state index contributed by atoms with van der Waals surface area (Å²) in [6, 6.07) is 8.92. The lowest BCUT2D eigenvalue weighted by atomic mass is 10.1. The number of methoxy groups -OCH3 is 2. The van der Waals surface area contributed by atoms with Gasteiger partial charge in [0.25, 0.3) is 0 Å². The molecule has 0 fully saturated rings. The summed E-state index contributed by atoms with van der Waals surface area (Å²) in [6.07, 6.45) is 0. The Bertz CT molecular complexity index is 916. The molecule has 1 heterocycles. The monoisotopic (exact) mass is 314 g/mol. The van der Waals surface area contributed by atoms with Crippen LogP contribution in [0.4, 0.5) is 0 Å². The van der Waals surface area contributed by atoms with Crippen LogP contribution in [0.25, 0.3) is 22.3 Å². The maximum absolute atomic E-state index is 12.2. The third-order valence-corrected chi connectivity index (χ3v) is 3.50. The molecular formula is C17H14O6. The molecule has 3 aromatic rings. The van der Waals surface area contributed by atoms with Gasteiger partial charge in [0.1, 0.15) is 5.76 Å². The Kier molecular flexibility index (Phi) is 3.57. The number of ether oxygens (including phenoxy) is 2. The molecule has 2 aromatic carbocycles. The zero-order chi connectivity index (χ0) is 16.6. The topological polar surface area (TPSA) is 89.1 Å². The molecule has 0 unspecified atom stereocenters. The van der Waals surface area contributed by atoms with Crippen molar-refractivity contribution in [2.45, 2.75) is 0 Å². The Labute approximate surface area is 131 Å². The van der Waals surface area contributed by atoms with Crippen molar-refractivity contribution in [3.05, 3.63) is 46.6 Å². The number of phenolic OH excluding ortho intramolecular Hbond substituents is 2. The normalized spacial score (nSPS) is 10.7. The van der Waals surface area contributed by atoms with Gasteiger partial charge in [0.15, 0.2) is 28.3 Å². The Morgan fingerprint density at radius 1 is 1.00 bits per heavy atom. The lowest BCUT2D eigenvalue weighted by Crippen LogP contribution is -2.00. The lowest BCUT2D eigenvalue weighted by molar-refractivity contribution is 0.340. The molecule has 0 bridgehead atoms. The molecule has 23 heavy (non-hydrogen) atoms. The first-order valence-electron chi connectivity index (χ1n) is 6.76. The summed E-state index contributed by atoms with van der Waals surface area (Å²) < 4.78 is 15.8. The van der Waals surface area contributed by atoms with Crippen molar-refractivity contribution in [3.63, 3.8) is 0 Å². The number of hydrogen-bond donors (Lipinski definition) is 2. The molecule has 118 valence electrons. The number of benzene rings is 2. The van der Waals surface area contributed by atoms with Gasteiger partial charge in [-0.15, -0.1) is 0 Å². The predicted octanol–water partition coefficient (Wildman–Crippen LogP) is 2.89. The lowest BCUT2D eigenvalue weighted by Gasteiger charge is -2.11. The van der Waals surface area contributed by atoms with Crippen molar-refractivity contribution >= 4 is 11.0 Å². The second kappa shape index (κ2) is 5.57. The Balaban J connectivity index is 2.29. The number of phenols is 2. The standard InChI is InChI=1S/C17H14O6/c1-21-14-6-9(7-15(22-2)16(14)20)13-8-12(19)10-4-3-5-11(18)17(10)23-13/h3-8,18,20H,1-2H3. The first kappa shape index (κ1) is 14.8. The minimum Gasteiger partial charge on any atom is -0.504 e. The van der Waals surface area contributed by atoms with E-state index in [1.165, 1.54) is 38.5 Å². The number of para-hydroxylation sites is 1. The SMILES string of the molecule is COc1cc(-c2cc(=O)c3cccc(O)c3o2)cc(OC)c1O. The smallest absolute Gasteiger partial charge is 0.200 e. The number of rotatable bonds is 3. The second-order valence-electron chi connectivity index (χ2n) is 4.86. The van der Waals surface area contributed by atoms with E-state index in [2.05, 4.69) is 0 Å². The Morgan fingerprint density at radius 3 is 2.26 bits per heavy atom. The van der Waals surface area contributed by atoms with Gasteiger partial charge in [0.2, 0.25) is 5.75 Å². The van der Waals surface area contributed by atoms with Gasteiger partial charge >= 0.3 is 0 Å². The molecule has 0 amide bonds. The molecule has 0 saturated carbocycles. The van der Waals surface area contributed by atoms with E-state index in [4.69, 9.17) is 13.9 Å². The zero-order valence-corrected chi connectivity index (χ0v) is 12.5. The van der Waals surface area contributed by atoms with E-state index in [-0.39, 0.29) is 45.2 Å². The largest absolute Gasteiger partial charge is 0.504 e. The molecular weight excluding hydrogens is 300 g/mol. The Hall–Kier alpha value is -3.15. The van der Waals surface area contributed by atoms with Gasteiger partial charge in [0.05, 0.1) is 19.6 Å². The molecule has 0 aliphatic heterocycles. The quantitative estimate of drug-likeness (QED) is 0.772. The van der Waals surface area contributed by atoms with E-state index in [1.807, 2.05) is 0 Å². The van der Waals surface area contributed by atoms with Crippen LogP contribution in [0.5, 0.6) is 23.0 Å². The molecule has 1 aromatic heterocycles. The van der Waals surface area contributed by atoms with Crippen LogP contribution in [0.15, 0.2) is 45.6 Å². The molecule has 0 aliphatic rings. The van der Waals surface area contributed by atoms with Crippen molar-refractivity contribution in [2.24, 2.45) is 0 Å². The van der Waals surface area contributed by atoms with Crippen molar-refractivity contribution in [1.82, 2.24) is 0 Å². The molecule has 0 atom stereocenters. The third-order valence-electron chi connectivity index (χ3n) is 3.50. The third kappa shape index (κ3) is 2.44. The molecule has 0 aliphatic carbocycles. The first-order valence-corrected chi connectivity index (χ1v) is 6.76. The molecule has 6 nitrogen and oxygen atoms in total. The van der Waals surface area contributed by atoms with E-state index in [1.54, 1.807) is 12.1 Å². The summed E-state index contributed by atoms with van der Waals surface area (Å²) in [4.78, 5) is 12.2.